The first-order chi connectivity index (χ1) is 22.0. The summed E-state index contributed by atoms with van der Waals surface area (Å²) in [6.45, 7) is 5.96. The molecule has 0 unspecified atom stereocenters. The number of thiophene rings is 1. The summed E-state index contributed by atoms with van der Waals surface area (Å²) in [6, 6.07) is 10.4. The van der Waals surface area contributed by atoms with E-state index in [1.165, 1.54) is 23.3 Å². The Morgan fingerprint density at radius 2 is 1.87 bits per heavy atom. The number of pyridine rings is 1. The van der Waals surface area contributed by atoms with Crippen LogP contribution in [0.1, 0.15) is 60.2 Å². The molecule has 4 aromatic rings. The highest BCUT2D eigenvalue weighted by Crippen LogP contribution is 2.39. The molecule has 0 radical (unpaired) electrons. The summed E-state index contributed by atoms with van der Waals surface area (Å²) in [4.78, 5) is 30.6. The zero-order chi connectivity index (χ0) is 30.8. The first-order valence-electron chi connectivity index (χ1n) is 16.1. The zero-order valence-electron chi connectivity index (χ0n) is 25.9. The SMILES string of the molecule is Cc1ccc(Oc2ccc(Nc3ncnc4sc5c(c34)CCN(C(=O)/C=C/CN[C@H]3CC[C@H](OC4CC4)CC3)C5)cc2C)cn1. The summed E-state index contributed by atoms with van der Waals surface area (Å²) in [5.41, 5.74) is 4.11. The van der Waals surface area contributed by atoms with E-state index in [2.05, 4.69) is 31.7 Å². The Hall–Kier alpha value is -3.86. The molecule has 0 atom stereocenters. The van der Waals surface area contributed by atoms with Crippen molar-refractivity contribution in [2.24, 2.45) is 0 Å². The summed E-state index contributed by atoms with van der Waals surface area (Å²) >= 11 is 1.65. The minimum absolute atomic E-state index is 0.0603. The number of anilines is 2. The number of fused-ring (bicyclic) bond motifs is 3. The zero-order valence-corrected chi connectivity index (χ0v) is 26.7. The van der Waals surface area contributed by atoms with E-state index in [4.69, 9.17) is 9.47 Å². The van der Waals surface area contributed by atoms with Crippen molar-refractivity contribution in [2.75, 3.05) is 18.4 Å². The van der Waals surface area contributed by atoms with Gasteiger partial charge in [0.2, 0.25) is 5.91 Å². The van der Waals surface area contributed by atoms with Gasteiger partial charge in [0.05, 0.1) is 30.3 Å². The summed E-state index contributed by atoms with van der Waals surface area (Å²) in [6.07, 6.45) is 15.8. The summed E-state index contributed by atoms with van der Waals surface area (Å²) < 4.78 is 12.1. The van der Waals surface area contributed by atoms with Gasteiger partial charge >= 0.3 is 0 Å². The standard InChI is InChI=1S/C35H40N6O3S/c1-22-18-25(8-14-30(22)44-28-9-5-23(2)37-19-28)40-34-33-29-15-17-41(20-31(29)45-35(33)39-21-38-34)32(42)4-3-16-36-24-6-10-26(11-7-24)43-27-12-13-27/h3-5,8-9,14,18-19,21,24,26-27,36H,6-7,10-13,15-17,20H2,1-2H3,(H,38,39,40)/b4-3+/t24-,26-. The quantitative estimate of drug-likeness (QED) is 0.187. The van der Waals surface area contributed by atoms with Crippen LogP contribution in [-0.4, -0.2) is 57.1 Å². The van der Waals surface area contributed by atoms with Gasteiger partial charge in [0.15, 0.2) is 0 Å². The first-order valence-corrected chi connectivity index (χ1v) is 16.9. The Bertz CT molecular complexity index is 1690. The second-order valence-corrected chi connectivity index (χ2v) is 13.5. The van der Waals surface area contributed by atoms with Gasteiger partial charge in [-0.1, -0.05) is 6.08 Å². The normalized spacial score (nSPS) is 20.0. The van der Waals surface area contributed by atoms with Crippen LogP contribution < -0.4 is 15.4 Å². The topological polar surface area (TPSA) is 102 Å². The Balaban J connectivity index is 0.953. The smallest absolute Gasteiger partial charge is 0.246 e. The van der Waals surface area contributed by atoms with Crippen molar-refractivity contribution < 1.29 is 14.3 Å². The number of amides is 1. The highest BCUT2D eigenvalue weighted by molar-refractivity contribution is 7.19. The molecule has 1 amide bonds. The number of hydrogen-bond donors (Lipinski definition) is 2. The number of nitrogens with one attached hydrogen (secondary N) is 2. The van der Waals surface area contributed by atoms with Gasteiger partial charge in [-0.3, -0.25) is 9.78 Å². The molecule has 10 heteroatoms. The number of rotatable bonds is 10. The lowest BCUT2D eigenvalue weighted by molar-refractivity contribution is -0.126. The minimum Gasteiger partial charge on any atom is -0.455 e. The third-order valence-corrected chi connectivity index (χ3v) is 9.99. The second kappa shape index (κ2) is 13.2. The predicted molar refractivity (Wildman–Crippen MR) is 177 cm³/mol. The van der Waals surface area contributed by atoms with Crippen molar-refractivity contribution in [3.05, 3.63) is 76.7 Å². The number of benzene rings is 1. The van der Waals surface area contributed by atoms with Crippen molar-refractivity contribution >= 4 is 39.0 Å². The molecule has 3 aliphatic rings. The van der Waals surface area contributed by atoms with Crippen molar-refractivity contribution in [2.45, 2.75) is 83.6 Å². The monoisotopic (exact) mass is 624 g/mol. The average Bonchev–Trinajstić information content (AvgIpc) is 3.78. The fourth-order valence-electron chi connectivity index (χ4n) is 6.21. The molecule has 0 bridgehead atoms. The van der Waals surface area contributed by atoms with E-state index < -0.39 is 0 Å². The molecule has 7 rings (SSSR count). The van der Waals surface area contributed by atoms with Crippen LogP contribution in [0.3, 0.4) is 0 Å². The van der Waals surface area contributed by atoms with Gasteiger partial charge in [-0.15, -0.1) is 11.3 Å². The average molecular weight is 625 g/mol. The van der Waals surface area contributed by atoms with Crippen molar-refractivity contribution in [3.63, 3.8) is 0 Å². The number of aryl methyl sites for hydroxylation is 2. The van der Waals surface area contributed by atoms with Crippen molar-refractivity contribution in [1.29, 1.82) is 0 Å². The van der Waals surface area contributed by atoms with Gasteiger partial charge in [-0.05, 0) is 100 Å². The molecule has 3 aromatic heterocycles. The number of aromatic nitrogens is 3. The lowest BCUT2D eigenvalue weighted by Crippen LogP contribution is -2.36. The fraction of sp³-hybridized carbons (Fsp3) is 0.429. The molecule has 1 aliphatic heterocycles. The van der Waals surface area contributed by atoms with Crippen molar-refractivity contribution in [1.82, 2.24) is 25.2 Å². The number of nitrogens with zero attached hydrogens (tertiary/aromatic N) is 4. The number of carbonyl (C=O) groups excluding carboxylic acids is 1. The van der Waals surface area contributed by atoms with E-state index >= 15 is 0 Å². The molecule has 4 heterocycles. The Morgan fingerprint density at radius 3 is 2.62 bits per heavy atom. The Morgan fingerprint density at radius 1 is 1.04 bits per heavy atom. The van der Waals surface area contributed by atoms with Crippen LogP contribution >= 0.6 is 11.3 Å². The Kier molecular flexibility index (Phi) is 8.78. The van der Waals surface area contributed by atoms with Crippen LogP contribution in [0.15, 0.2) is 55.0 Å². The minimum atomic E-state index is 0.0603. The number of ether oxygens (including phenoxy) is 2. The highest BCUT2D eigenvalue weighted by atomic mass is 32.1. The second-order valence-electron chi connectivity index (χ2n) is 12.4. The molecule has 2 fully saturated rings. The van der Waals surface area contributed by atoms with Gasteiger partial charge in [-0.25, -0.2) is 9.97 Å². The third kappa shape index (κ3) is 7.19. The van der Waals surface area contributed by atoms with Gasteiger partial charge in [-0.2, -0.15) is 0 Å². The highest BCUT2D eigenvalue weighted by Gasteiger charge is 2.29. The summed E-state index contributed by atoms with van der Waals surface area (Å²) in [5, 5.41) is 8.16. The molecule has 0 saturated heterocycles. The van der Waals surface area contributed by atoms with Crippen LogP contribution in [0, 0.1) is 13.8 Å². The van der Waals surface area contributed by atoms with Crippen molar-refractivity contribution in [3.8, 4) is 11.5 Å². The first kappa shape index (κ1) is 29.8. The van der Waals surface area contributed by atoms with Crippen LogP contribution in [0.5, 0.6) is 11.5 Å². The van der Waals surface area contributed by atoms with Gasteiger partial charge in [0, 0.05) is 41.5 Å². The van der Waals surface area contributed by atoms with Crippen LogP contribution in [-0.2, 0) is 22.5 Å². The number of hydrogen-bond acceptors (Lipinski definition) is 9. The molecule has 9 nitrogen and oxygen atoms in total. The maximum atomic E-state index is 13.1. The predicted octanol–water partition coefficient (Wildman–Crippen LogP) is 6.76. The summed E-state index contributed by atoms with van der Waals surface area (Å²) in [5.74, 6) is 2.33. The van der Waals surface area contributed by atoms with Gasteiger partial charge in [0.1, 0.15) is 28.5 Å². The molecule has 2 saturated carbocycles. The van der Waals surface area contributed by atoms with E-state index in [0.717, 1.165) is 70.8 Å². The molecular formula is C35H40N6O3S. The van der Waals surface area contributed by atoms with Crippen LogP contribution in [0.25, 0.3) is 10.2 Å². The lowest BCUT2D eigenvalue weighted by atomic mass is 9.93. The number of carbonyl (C=O) groups is 1. The molecule has 45 heavy (non-hydrogen) atoms. The molecule has 1 aromatic carbocycles. The van der Waals surface area contributed by atoms with E-state index in [0.29, 0.717) is 43.6 Å². The largest absolute Gasteiger partial charge is 0.455 e. The molecule has 2 aliphatic carbocycles. The van der Waals surface area contributed by atoms with Crippen LogP contribution in [0.4, 0.5) is 11.5 Å². The van der Waals surface area contributed by atoms with E-state index in [1.807, 2.05) is 49.1 Å². The third-order valence-electron chi connectivity index (χ3n) is 8.87. The molecule has 2 N–H and O–H groups in total. The maximum absolute atomic E-state index is 13.1. The molecule has 0 spiro atoms. The van der Waals surface area contributed by atoms with E-state index in [9.17, 15) is 4.79 Å². The lowest BCUT2D eigenvalue weighted by Gasteiger charge is -2.29. The Labute approximate surface area is 268 Å². The molecular weight excluding hydrogens is 584 g/mol. The molecule has 234 valence electrons. The summed E-state index contributed by atoms with van der Waals surface area (Å²) in [7, 11) is 0. The maximum Gasteiger partial charge on any atom is 0.246 e. The van der Waals surface area contributed by atoms with E-state index in [-0.39, 0.29) is 5.91 Å². The fourth-order valence-corrected chi connectivity index (χ4v) is 7.41. The van der Waals surface area contributed by atoms with E-state index in [1.54, 1.807) is 29.9 Å². The van der Waals surface area contributed by atoms with Crippen LogP contribution in [0.2, 0.25) is 0 Å². The van der Waals surface area contributed by atoms with Gasteiger partial charge in [0.25, 0.3) is 0 Å². The van der Waals surface area contributed by atoms with Gasteiger partial charge < -0.3 is 25.0 Å².